The largest absolute Gasteiger partial charge is 0.369 e. The first-order chi connectivity index (χ1) is 18.6. The average Bonchev–Trinajstić information content (AvgIpc) is 2.90. The second kappa shape index (κ2) is 11.0. The third kappa shape index (κ3) is 6.10. The van der Waals surface area contributed by atoms with Gasteiger partial charge < -0.3 is 10.6 Å². The zero-order valence-corrected chi connectivity index (χ0v) is 23.3. The number of aromatic nitrogens is 2. The van der Waals surface area contributed by atoms with Gasteiger partial charge in [0, 0.05) is 36.2 Å². The summed E-state index contributed by atoms with van der Waals surface area (Å²) in [6, 6.07) is 17.5. The van der Waals surface area contributed by atoms with Crippen molar-refractivity contribution in [2.75, 3.05) is 28.4 Å². The van der Waals surface area contributed by atoms with Crippen LogP contribution in [0.15, 0.2) is 82.7 Å². The maximum absolute atomic E-state index is 12.9. The fourth-order valence-corrected chi connectivity index (χ4v) is 6.80. The molecule has 14 heteroatoms. The van der Waals surface area contributed by atoms with Gasteiger partial charge in [-0.25, -0.2) is 26.5 Å². The van der Waals surface area contributed by atoms with Crippen molar-refractivity contribution < 1.29 is 16.8 Å². The number of rotatable bonds is 4. The van der Waals surface area contributed by atoms with E-state index in [-0.39, 0.29) is 32.3 Å². The molecule has 202 valence electrons. The molecule has 0 aliphatic carbocycles. The molecule has 0 spiro atoms. The van der Waals surface area contributed by atoms with E-state index >= 15 is 0 Å². The standard InChI is InChI=1S/C25H22Cl2N6O4S2/c26-21-6-2-7-22(23(21)27)39(36,37)33-17-10-8-16(9-11-17)20-15-29-25-31-18-4-1-5-19(14-18)38(34,35)30-13-3-12-28-24(20)32-25/h1-2,4-11,14-15,30,33H,3,12-13H2,(H2,28,29,31,32). The van der Waals surface area contributed by atoms with E-state index in [1.165, 1.54) is 30.3 Å². The van der Waals surface area contributed by atoms with Crippen LogP contribution in [0.2, 0.25) is 10.0 Å². The number of halogens is 2. The molecule has 4 N–H and O–H groups in total. The lowest BCUT2D eigenvalue weighted by atomic mass is 10.1. The number of anilines is 4. The van der Waals surface area contributed by atoms with E-state index in [1.807, 2.05) is 0 Å². The van der Waals surface area contributed by atoms with Crippen LogP contribution < -0.4 is 20.1 Å². The maximum Gasteiger partial charge on any atom is 0.263 e. The summed E-state index contributed by atoms with van der Waals surface area (Å²) in [5, 5.41) is 6.37. The van der Waals surface area contributed by atoms with Gasteiger partial charge in [-0.15, -0.1) is 0 Å². The van der Waals surface area contributed by atoms with Gasteiger partial charge in [-0.3, -0.25) is 4.72 Å². The lowest BCUT2D eigenvalue weighted by molar-refractivity contribution is 0.580. The Morgan fingerprint density at radius 1 is 0.949 bits per heavy atom. The van der Waals surface area contributed by atoms with Gasteiger partial charge in [0.15, 0.2) is 0 Å². The Bertz CT molecular complexity index is 1750. The monoisotopic (exact) mass is 604 g/mol. The molecule has 0 atom stereocenters. The molecule has 4 aromatic rings. The Morgan fingerprint density at radius 3 is 2.51 bits per heavy atom. The van der Waals surface area contributed by atoms with Crippen molar-refractivity contribution in [3.8, 4) is 11.1 Å². The molecule has 1 aromatic heterocycles. The highest BCUT2D eigenvalue weighted by atomic mass is 35.5. The van der Waals surface area contributed by atoms with Crippen molar-refractivity contribution in [1.82, 2.24) is 14.7 Å². The molecule has 0 saturated heterocycles. The maximum atomic E-state index is 12.9. The van der Waals surface area contributed by atoms with Crippen LogP contribution in [0.5, 0.6) is 0 Å². The number of hydrogen-bond donors (Lipinski definition) is 4. The van der Waals surface area contributed by atoms with Crippen LogP contribution in [-0.4, -0.2) is 39.9 Å². The zero-order chi connectivity index (χ0) is 27.6. The van der Waals surface area contributed by atoms with Crippen LogP contribution >= 0.6 is 23.2 Å². The van der Waals surface area contributed by atoms with Crippen molar-refractivity contribution in [3.05, 3.63) is 83.0 Å². The number of nitrogens with zero attached hydrogens (tertiary/aromatic N) is 2. The first-order valence-electron chi connectivity index (χ1n) is 11.7. The number of hydrogen-bond acceptors (Lipinski definition) is 8. The van der Waals surface area contributed by atoms with Crippen LogP contribution in [0.1, 0.15) is 6.42 Å². The molecule has 4 bridgehead atoms. The van der Waals surface area contributed by atoms with Gasteiger partial charge in [-0.1, -0.05) is 47.5 Å². The minimum atomic E-state index is -3.97. The molecular formula is C25H22Cl2N6O4S2. The average molecular weight is 606 g/mol. The molecule has 0 saturated carbocycles. The number of benzene rings is 3. The molecular weight excluding hydrogens is 583 g/mol. The third-order valence-electron chi connectivity index (χ3n) is 5.78. The highest BCUT2D eigenvalue weighted by molar-refractivity contribution is 7.92. The summed E-state index contributed by atoms with van der Waals surface area (Å²) in [6.07, 6.45) is 2.15. The second-order valence-electron chi connectivity index (χ2n) is 8.52. The van der Waals surface area contributed by atoms with Crippen molar-refractivity contribution in [2.45, 2.75) is 16.2 Å². The van der Waals surface area contributed by atoms with Gasteiger partial charge in [0.1, 0.15) is 10.7 Å². The summed E-state index contributed by atoms with van der Waals surface area (Å²) >= 11 is 12.1. The van der Waals surface area contributed by atoms with Crippen LogP contribution in [0, 0.1) is 0 Å². The molecule has 0 radical (unpaired) electrons. The Morgan fingerprint density at radius 2 is 1.72 bits per heavy atom. The van der Waals surface area contributed by atoms with Gasteiger partial charge in [0.25, 0.3) is 10.0 Å². The van der Waals surface area contributed by atoms with Crippen LogP contribution in [0.3, 0.4) is 0 Å². The van der Waals surface area contributed by atoms with Crippen molar-refractivity contribution in [2.24, 2.45) is 0 Å². The van der Waals surface area contributed by atoms with Crippen molar-refractivity contribution >= 4 is 66.4 Å². The summed E-state index contributed by atoms with van der Waals surface area (Å²) in [7, 11) is -7.62. The third-order valence-corrected chi connectivity index (χ3v) is 9.59. The Kier molecular flexibility index (Phi) is 7.65. The Balaban J connectivity index is 1.42. The minimum Gasteiger partial charge on any atom is -0.369 e. The number of nitrogens with one attached hydrogen (secondary N) is 4. The first kappa shape index (κ1) is 27.2. The van der Waals surface area contributed by atoms with Gasteiger partial charge >= 0.3 is 0 Å². The van der Waals surface area contributed by atoms with E-state index in [4.69, 9.17) is 23.2 Å². The molecule has 2 heterocycles. The summed E-state index contributed by atoms with van der Waals surface area (Å²) in [5.41, 5.74) is 2.26. The van der Waals surface area contributed by atoms with E-state index in [9.17, 15) is 16.8 Å². The molecule has 0 amide bonds. The van der Waals surface area contributed by atoms with Crippen LogP contribution in [0.25, 0.3) is 11.1 Å². The normalized spacial score (nSPS) is 15.0. The van der Waals surface area contributed by atoms with E-state index < -0.39 is 20.0 Å². The highest BCUT2D eigenvalue weighted by Crippen LogP contribution is 2.32. The van der Waals surface area contributed by atoms with Crippen LogP contribution in [0.4, 0.5) is 23.1 Å². The number of fused-ring (bicyclic) bond motifs is 4. The van der Waals surface area contributed by atoms with Crippen molar-refractivity contribution in [3.63, 3.8) is 0 Å². The molecule has 1 aliphatic rings. The molecule has 39 heavy (non-hydrogen) atoms. The fraction of sp³-hybridized carbons (Fsp3) is 0.120. The van der Waals surface area contributed by atoms with Gasteiger partial charge in [0.05, 0.1) is 14.9 Å². The lowest BCUT2D eigenvalue weighted by Crippen LogP contribution is -2.26. The Labute approximate surface area is 235 Å². The van der Waals surface area contributed by atoms with E-state index in [1.54, 1.807) is 42.6 Å². The van der Waals surface area contributed by atoms with Crippen molar-refractivity contribution in [1.29, 1.82) is 0 Å². The fourth-order valence-electron chi connectivity index (χ4n) is 3.86. The number of sulfonamides is 2. The SMILES string of the molecule is O=S1(=O)NCCCNc2nc(ncc2-c2ccc(NS(=O)(=O)c3cccc(Cl)c3Cl)cc2)Nc2cccc1c2. The second-order valence-corrected chi connectivity index (χ2v) is 12.7. The van der Waals surface area contributed by atoms with E-state index in [0.717, 1.165) is 5.56 Å². The summed E-state index contributed by atoms with van der Waals surface area (Å²) in [6.45, 7) is 0.688. The van der Waals surface area contributed by atoms with Gasteiger partial charge in [-0.05, 0) is 54.4 Å². The smallest absolute Gasteiger partial charge is 0.263 e. The molecule has 5 rings (SSSR count). The van der Waals surface area contributed by atoms with E-state index in [0.29, 0.717) is 35.7 Å². The van der Waals surface area contributed by atoms with Gasteiger partial charge in [0.2, 0.25) is 16.0 Å². The highest BCUT2D eigenvalue weighted by Gasteiger charge is 2.20. The lowest BCUT2D eigenvalue weighted by Gasteiger charge is -2.14. The predicted molar refractivity (Wildman–Crippen MR) is 153 cm³/mol. The molecule has 3 aromatic carbocycles. The quantitative estimate of drug-likeness (QED) is 0.252. The molecule has 10 nitrogen and oxygen atoms in total. The minimum absolute atomic E-state index is 0.0558. The van der Waals surface area contributed by atoms with Crippen LogP contribution in [-0.2, 0) is 20.0 Å². The molecule has 0 unspecified atom stereocenters. The Hall–Kier alpha value is -3.42. The first-order valence-corrected chi connectivity index (χ1v) is 15.4. The van der Waals surface area contributed by atoms with E-state index in [2.05, 4.69) is 30.0 Å². The summed E-state index contributed by atoms with van der Waals surface area (Å²) in [5.74, 6) is 0.815. The van der Waals surface area contributed by atoms with Gasteiger partial charge in [-0.2, -0.15) is 4.98 Å². The predicted octanol–water partition coefficient (Wildman–Crippen LogP) is 5.09. The molecule has 1 aliphatic heterocycles. The topological polar surface area (TPSA) is 142 Å². The summed E-state index contributed by atoms with van der Waals surface area (Å²) in [4.78, 5) is 9.02. The molecule has 0 fully saturated rings. The zero-order valence-electron chi connectivity index (χ0n) is 20.1. The summed E-state index contributed by atoms with van der Waals surface area (Å²) < 4.78 is 56.0.